The Kier molecular flexibility index (Phi) is 5.40. The van der Waals surface area contributed by atoms with Gasteiger partial charge < -0.3 is 10.2 Å². The molecule has 1 saturated heterocycles. The fraction of sp³-hybridized carbons (Fsp3) is 0.562. The van der Waals surface area contributed by atoms with Gasteiger partial charge in [0.25, 0.3) is 5.91 Å². The molecule has 0 spiro atoms. The van der Waals surface area contributed by atoms with Crippen LogP contribution in [0, 0.1) is 0 Å². The smallest absolute Gasteiger partial charge is 0.254 e. The van der Waals surface area contributed by atoms with Gasteiger partial charge in [0.2, 0.25) is 0 Å². The van der Waals surface area contributed by atoms with Crippen LogP contribution >= 0.6 is 0 Å². The standard InChI is InChI=1S/C16H24N2O/c1-2-3-12-18(15-10-7-11-17-13-15)16(19)14-8-5-4-6-9-14/h4-6,8-9,15,17H,2-3,7,10-13H2,1H3. The van der Waals surface area contributed by atoms with Crippen molar-refractivity contribution in [3.8, 4) is 0 Å². The number of unbranched alkanes of at least 4 members (excludes halogenated alkanes) is 1. The molecule has 3 nitrogen and oxygen atoms in total. The Bertz CT molecular complexity index is 385. The number of rotatable bonds is 5. The Labute approximate surface area is 116 Å². The van der Waals surface area contributed by atoms with E-state index in [0.29, 0.717) is 6.04 Å². The second kappa shape index (κ2) is 7.29. The molecule has 0 aromatic heterocycles. The average Bonchev–Trinajstić information content (AvgIpc) is 2.49. The van der Waals surface area contributed by atoms with Crippen LogP contribution in [0.5, 0.6) is 0 Å². The van der Waals surface area contributed by atoms with E-state index in [-0.39, 0.29) is 5.91 Å². The maximum absolute atomic E-state index is 12.6. The van der Waals surface area contributed by atoms with Crippen molar-refractivity contribution in [3.05, 3.63) is 35.9 Å². The van der Waals surface area contributed by atoms with E-state index >= 15 is 0 Å². The number of hydrogen-bond acceptors (Lipinski definition) is 2. The van der Waals surface area contributed by atoms with Crippen LogP contribution in [-0.4, -0.2) is 36.5 Å². The van der Waals surface area contributed by atoms with Gasteiger partial charge in [-0.2, -0.15) is 0 Å². The third kappa shape index (κ3) is 3.80. The molecule has 1 aliphatic rings. The zero-order valence-corrected chi connectivity index (χ0v) is 11.8. The Morgan fingerprint density at radius 1 is 1.37 bits per heavy atom. The molecule has 1 unspecified atom stereocenters. The van der Waals surface area contributed by atoms with Crippen molar-refractivity contribution in [2.24, 2.45) is 0 Å². The Balaban J connectivity index is 2.09. The molecule has 1 aromatic rings. The van der Waals surface area contributed by atoms with E-state index in [1.807, 2.05) is 30.3 Å². The topological polar surface area (TPSA) is 32.3 Å². The summed E-state index contributed by atoms with van der Waals surface area (Å²) in [5.41, 5.74) is 0.809. The highest BCUT2D eigenvalue weighted by Crippen LogP contribution is 2.15. The summed E-state index contributed by atoms with van der Waals surface area (Å²) >= 11 is 0. The molecule has 0 radical (unpaired) electrons. The molecule has 0 bridgehead atoms. The summed E-state index contributed by atoms with van der Waals surface area (Å²) in [4.78, 5) is 14.7. The lowest BCUT2D eigenvalue weighted by atomic mass is 10.0. The van der Waals surface area contributed by atoms with Crippen LogP contribution in [0.3, 0.4) is 0 Å². The van der Waals surface area contributed by atoms with E-state index in [2.05, 4.69) is 17.1 Å². The minimum absolute atomic E-state index is 0.183. The van der Waals surface area contributed by atoms with Gasteiger partial charge in [0.15, 0.2) is 0 Å². The molecule has 1 aliphatic heterocycles. The zero-order valence-electron chi connectivity index (χ0n) is 11.8. The van der Waals surface area contributed by atoms with Crippen molar-refractivity contribution in [2.75, 3.05) is 19.6 Å². The fourth-order valence-corrected chi connectivity index (χ4v) is 2.62. The van der Waals surface area contributed by atoms with Gasteiger partial charge in [-0.05, 0) is 37.9 Å². The van der Waals surface area contributed by atoms with Crippen LogP contribution in [0.15, 0.2) is 30.3 Å². The van der Waals surface area contributed by atoms with Crippen LogP contribution in [-0.2, 0) is 0 Å². The summed E-state index contributed by atoms with van der Waals surface area (Å²) < 4.78 is 0. The summed E-state index contributed by atoms with van der Waals surface area (Å²) in [6.45, 7) is 5.06. The van der Waals surface area contributed by atoms with Crippen molar-refractivity contribution in [2.45, 2.75) is 38.6 Å². The van der Waals surface area contributed by atoms with Crippen LogP contribution in [0.4, 0.5) is 0 Å². The molecular weight excluding hydrogens is 236 g/mol. The summed E-state index contributed by atoms with van der Waals surface area (Å²) in [7, 11) is 0. The van der Waals surface area contributed by atoms with Gasteiger partial charge >= 0.3 is 0 Å². The SMILES string of the molecule is CCCCN(C(=O)c1ccccc1)C1CCCNC1. The predicted molar refractivity (Wildman–Crippen MR) is 78.3 cm³/mol. The highest BCUT2D eigenvalue weighted by Gasteiger charge is 2.25. The molecule has 0 saturated carbocycles. The van der Waals surface area contributed by atoms with Gasteiger partial charge in [0.1, 0.15) is 0 Å². The Hall–Kier alpha value is -1.35. The van der Waals surface area contributed by atoms with Gasteiger partial charge in [0, 0.05) is 24.7 Å². The molecule has 0 aliphatic carbocycles. The quantitative estimate of drug-likeness (QED) is 0.883. The van der Waals surface area contributed by atoms with Gasteiger partial charge in [-0.15, -0.1) is 0 Å². The first-order valence-electron chi connectivity index (χ1n) is 7.39. The van der Waals surface area contributed by atoms with Gasteiger partial charge in [-0.3, -0.25) is 4.79 Å². The van der Waals surface area contributed by atoms with Crippen molar-refractivity contribution in [1.29, 1.82) is 0 Å². The maximum atomic E-state index is 12.6. The normalized spacial score (nSPS) is 19.1. The molecule has 3 heteroatoms. The molecular formula is C16H24N2O. The molecule has 1 amide bonds. The first-order valence-corrected chi connectivity index (χ1v) is 7.39. The molecule has 104 valence electrons. The lowest BCUT2D eigenvalue weighted by Crippen LogP contribution is -2.49. The number of carbonyl (C=O) groups excluding carboxylic acids is 1. The van der Waals surface area contributed by atoms with Crippen LogP contribution < -0.4 is 5.32 Å². The minimum atomic E-state index is 0.183. The number of carbonyl (C=O) groups is 1. The minimum Gasteiger partial charge on any atom is -0.334 e. The van der Waals surface area contributed by atoms with E-state index < -0.39 is 0 Å². The molecule has 2 rings (SSSR count). The van der Waals surface area contributed by atoms with Gasteiger partial charge in [-0.1, -0.05) is 31.5 Å². The largest absolute Gasteiger partial charge is 0.334 e. The number of nitrogens with one attached hydrogen (secondary N) is 1. The summed E-state index contributed by atoms with van der Waals surface area (Å²) in [5.74, 6) is 0.183. The molecule has 1 N–H and O–H groups in total. The van der Waals surface area contributed by atoms with Crippen molar-refractivity contribution < 1.29 is 4.79 Å². The van der Waals surface area contributed by atoms with E-state index in [1.165, 1.54) is 0 Å². The van der Waals surface area contributed by atoms with Crippen molar-refractivity contribution >= 4 is 5.91 Å². The van der Waals surface area contributed by atoms with Gasteiger partial charge in [0.05, 0.1) is 0 Å². The second-order valence-corrected chi connectivity index (χ2v) is 5.22. The molecule has 1 fully saturated rings. The monoisotopic (exact) mass is 260 g/mol. The molecule has 1 atom stereocenters. The predicted octanol–water partition coefficient (Wildman–Crippen LogP) is 2.68. The van der Waals surface area contributed by atoms with Crippen LogP contribution in [0.1, 0.15) is 43.0 Å². The van der Waals surface area contributed by atoms with E-state index in [4.69, 9.17) is 0 Å². The van der Waals surface area contributed by atoms with E-state index in [0.717, 1.165) is 50.9 Å². The lowest BCUT2D eigenvalue weighted by molar-refractivity contribution is 0.0645. The number of amides is 1. The third-order valence-electron chi connectivity index (χ3n) is 3.75. The molecule has 19 heavy (non-hydrogen) atoms. The Morgan fingerprint density at radius 2 is 2.16 bits per heavy atom. The average molecular weight is 260 g/mol. The third-order valence-corrected chi connectivity index (χ3v) is 3.75. The number of hydrogen-bond donors (Lipinski definition) is 1. The summed E-state index contributed by atoms with van der Waals surface area (Å²) in [6, 6.07) is 10.0. The zero-order chi connectivity index (χ0) is 13.5. The Morgan fingerprint density at radius 3 is 2.79 bits per heavy atom. The van der Waals surface area contributed by atoms with E-state index in [9.17, 15) is 4.79 Å². The van der Waals surface area contributed by atoms with Crippen LogP contribution in [0.25, 0.3) is 0 Å². The van der Waals surface area contributed by atoms with Crippen molar-refractivity contribution in [3.63, 3.8) is 0 Å². The fourth-order valence-electron chi connectivity index (χ4n) is 2.62. The maximum Gasteiger partial charge on any atom is 0.254 e. The second-order valence-electron chi connectivity index (χ2n) is 5.22. The number of benzene rings is 1. The highest BCUT2D eigenvalue weighted by molar-refractivity contribution is 5.94. The summed E-state index contributed by atoms with van der Waals surface area (Å²) in [5, 5.41) is 3.40. The summed E-state index contributed by atoms with van der Waals surface area (Å²) in [6.07, 6.45) is 4.48. The van der Waals surface area contributed by atoms with Gasteiger partial charge in [-0.25, -0.2) is 0 Å². The number of piperidine rings is 1. The highest BCUT2D eigenvalue weighted by atomic mass is 16.2. The molecule has 1 aromatic carbocycles. The number of nitrogens with zero attached hydrogens (tertiary/aromatic N) is 1. The van der Waals surface area contributed by atoms with Crippen molar-refractivity contribution in [1.82, 2.24) is 10.2 Å². The van der Waals surface area contributed by atoms with E-state index in [1.54, 1.807) is 0 Å². The first-order chi connectivity index (χ1) is 9.33. The molecule has 1 heterocycles. The first kappa shape index (κ1) is 14.1. The lowest BCUT2D eigenvalue weighted by Gasteiger charge is -2.35. The van der Waals surface area contributed by atoms with Crippen LogP contribution in [0.2, 0.25) is 0 Å².